The molecule has 1 saturated heterocycles. The standard InChI is InChI=1S/C22H23N3O5S/c1-3-4-10-24-21(26)19(23-22(24)31)12-15-8-9-20(29-2)16(11-15)14-30-18-7-5-6-17(13-18)25(27)28/h5-9,11-13H,3-4,10,14H2,1-2H3,(H,23,31)/b19-12+. The molecule has 0 atom stereocenters. The number of non-ortho nitro benzene ring substituents is 1. The maximum absolute atomic E-state index is 12.6. The van der Waals surface area contributed by atoms with Crippen molar-refractivity contribution in [2.75, 3.05) is 13.7 Å². The summed E-state index contributed by atoms with van der Waals surface area (Å²) in [6.07, 6.45) is 3.58. The number of hydrogen-bond acceptors (Lipinski definition) is 6. The van der Waals surface area contributed by atoms with Crippen LogP contribution in [0.15, 0.2) is 48.2 Å². The van der Waals surface area contributed by atoms with E-state index < -0.39 is 4.92 Å². The van der Waals surface area contributed by atoms with Gasteiger partial charge in [-0.15, -0.1) is 0 Å². The van der Waals surface area contributed by atoms with Gasteiger partial charge in [-0.2, -0.15) is 0 Å². The summed E-state index contributed by atoms with van der Waals surface area (Å²) in [5, 5.41) is 14.3. The zero-order chi connectivity index (χ0) is 22.4. The van der Waals surface area contributed by atoms with E-state index >= 15 is 0 Å². The lowest BCUT2D eigenvalue weighted by atomic mass is 10.1. The van der Waals surface area contributed by atoms with E-state index in [4.69, 9.17) is 21.7 Å². The van der Waals surface area contributed by atoms with Gasteiger partial charge in [0.1, 0.15) is 23.8 Å². The maximum Gasteiger partial charge on any atom is 0.276 e. The number of unbranched alkanes of at least 4 members (excludes halogenated alkanes) is 1. The molecule has 162 valence electrons. The Bertz CT molecular complexity index is 1040. The van der Waals surface area contributed by atoms with Gasteiger partial charge in [0.15, 0.2) is 5.11 Å². The minimum atomic E-state index is -0.472. The molecule has 0 bridgehead atoms. The van der Waals surface area contributed by atoms with Crippen LogP contribution in [0, 0.1) is 10.1 Å². The highest BCUT2D eigenvalue weighted by Crippen LogP contribution is 2.25. The van der Waals surface area contributed by atoms with E-state index in [2.05, 4.69) is 12.2 Å². The SMILES string of the molecule is CCCCN1C(=O)/C(=C\c2ccc(OC)c(COc3cccc([N+](=O)[O-])c3)c2)NC1=S. The van der Waals surface area contributed by atoms with Gasteiger partial charge in [0.05, 0.1) is 18.1 Å². The van der Waals surface area contributed by atoms with E-state index in [9.17, 15) is 14.9 Å². The maximum atomic E-state index is 12.6. The lowest BCUT2D eigenvalue weighted by molar-refractivity contribution is -0.384. The summed E-state index contributed by atoms with van der Waals surface area (Å²) in [6, 6.07) is 11.4. The number of methoxy groups -OCH3 is 1. The zero-order valence-corrected chi connectivity index (χ0v) is 18.1. The molecule has 0 spiro atoms. The van der Waals surface area contributed by atoms with E-state index in [0.717, 1.165) is 24.0 Å². The van der Waals surface area contributed by atoms with Crippen LogP contribution >= 0.6 is 12.2 Å². The molecule has 1 aliphatic heterocycles. The van der Waals surface area contributed by atoms with Crippen molar-refractivity contribution in [1.29, 1.82) is 0 Å². The van der Waals surface area contributed by atoms with Crippen LogP contribution in [0.3, 0.4) is 0 Å². The number of nitrogens with one attached hydrogen (secondary N) is 1. The largest absolute Gasteiger partial charge is 0.496 e. The number of nitro benzene ring substituents is 1. The smallest absolute Gasteiger partial charge is 0.276 e. The average molecular weight is 442 g/mol. The van der Waals surface area contributed by atoms with Crippen molar-refractivity contribution in [3.63, 3.8) is 0 Å². The van der Waals surface area contributed by atoms with E-state index in [1.54, 1.807) is 36.3 Å². The first-order valence-electron chi connectivity index (χ1n) is 9.81. The van der Waals surface area contributed by atoms with Crippen LogP contribution in [0.5, 0.6) is 11.5 Å². The number of rotatable bonds is 9. The molecule has 0 radical (unpaired) electrons. The summed E-state index contributed by atoms with van der Waals surface area (Å²) in [7, 11) is 1.55. The zero-order valence-electron chi connectivity index (χ0n) is 17.3. The molecule has 8 nitrogen and oxygen atoms in total. The van der Waals surface area contributed by atoms with E-state index in [0.29, 0.717) is 28.9 Å². The molecule has 0 aromatic heterocycles. The van der Waals surface area contributed by atoms with Crippen LogP contribution < -0.4 is 14.8 Å². The Balaban J connectivity index is 1.78. The average Bonchev–Trinajstić information content (AvgIpc) is 3.03. The van der Waals surface area contributed by atoms with Crippen molar-refractivity contribution in [1.82, 2.24) is 10.2 Å². The molecule has 31 heavy (non-hydrogen) atoms. The second kappa shape index (κ2) is 10.0. The van der Waals surface area contributed by atoms with Crippen molar-refractivity contribution in [3.05, 3.63) is 69.4 Å². The van der Waals surface area contributed by atoms with Crippen molar-refractivity contribution in [2.45, 2.75) is 26.4 Å². The predicted octanol–water partition coefficient (Wildman–Crippen LogP) is 4.04. The molecular formula is C22H23N3O5S. The normalized spacial score (nSPS) is 14.6. The fourth-order valence-corrected chi connectivity index (χ4v) is 3.39. The topological polar surface area (TPSA) is 93.9 Å². The molecule has 0 aliphatic carbocycles. The van der Waals surface area contributed by atoms with Crippen molar-refractivity contribution >= 4 is 35.0 Å². The number of thiocarbonyl (C=S) groups is 1. The molecule has 0 saturated carbocycles. The van der Waals surface area contributed by atoms with Gasteiger partial charge in [0, 0.05) is 18.2 Å². The van der Waals surface area contributed by atoms with Gasteiger partial charge >= 0.3 is 0 Å². The number of carbonyl (C=O) groups excluding carboxylic acids is 1. The van der Waals surface area contributed by atoms with Gasteiger partial charge in [-0.3, -0.25) is 19.8 Å². The van der Waals surface area contributed by atoms with E-state index in [1.807, 2.05) is 12.1 Å². The second-order valence-corrected chi connectivity index (χ2v) is 7.30. The molecule has 0 unspecified atom stereocenters. The number of nitro groups is 1. The minimum Gasteiger partial charge on any atom is -0.496 e. The third-order valence-corrected chi connectivity index (χ3v) is 5.06. The predicted molar refractivity (Wildman–Crippen MR) is 121 cm³/mol. The first-order chi connectivity index (χ1) is 14.9. The fraction of sp³-hybridized carbons (Fsp3) is 0.273. The summed E-state index contributed by atoms with van der Waals surface area (Å²) in [6.45, 7) is 2.79. The number of hydrogen-bond donors (Lipinski definition) is 1. The highest BCUT2D eigenvalue weighted by atomic mass is 32.1. The van der Waals surface area contributed by atoms with Gasteiger partial charge in [-0.05, 0) is 48.5 Å². The first kappa shape index (κ1) is 22.2. The van der Waals surface area contributed by atoms with Gasteiger partial charge in [0.25, 0.3) is 11.6 Å². The van der Waals surface area contributed by atoms with Crippen LogP contribution in [0.4, 0.5) is 5.69 Å². The van der Waals surface area contributed by atoms with Crippen LogP contribution in [0.1, 0.15) is 30.9 Å². The monoisotopic (exact) mass is 441 g/mol. The van der Waals surface area contributed by atoms with Gasteiger partial charge < -0.3 is 14.8 Å². The summed E-state index contributed by atoms with van der Waals surface area (Å²) < 4.78 is 11.1. The number of carbonyl (C=O) groups is 1. The second-order valence-electron chi connectivity index (χ2n) is 6.91. The molecule has 2 aromatic rings. The third-order valence-electron chi connectivity index (χ3n) is 4.74. The molecule has 1 N–H and O–H groups in total. The number of nitrogens with zero attached hydrogens (tertiary/aromatic N) is 2. The van der Waals surface area contributed by atoms with Crippen molar-refractivity contribution < 1.29 is 19.2 Å². The Hall–Kier alpha value is -3.46. The van der Waals surface area contributed by atoms with Crippen LogP contribution in [-0.4, -0.2) is 34.5 Å². The molecule has 1 aliphatic rings. The Morgan fingerprint density at radius 2 is 2.06 bits per heavy atom. The Labute approximate surface area is 185 Å². The Kier molecular flexibility index (Phi) is 7.19. The quantitative estimate of drug-likeness (QED) is 0.272. The summed E-state index contributed by atoms with van der Waals surface area (Å²) in [5.74, 6) is 0.839. The van der Waals surface area contributed by atoms with Crippen molar-refractivity contribution in [3.8, 4) is 11.5 Å². The lowest BCUT2D eigenvalue weighted by Gasteiger charge is -2.12. The van der Waals surface area contributed by atoms with Gasteiger partial charge in [-0.25, -0.2) is 0 Å². The molecule has 2 aromatic carbocycles. The molecule has 3 rings (SSSR count). The molecular weight excluding hydrogens is 418 g/mol. The van der Waals surface area contributed by atoms with Gasteiger partial charge in [0.2, 0.25) is 0 Å². The Morgan fingerprint density at radius 1 is 1.26 bits per heavy atom. The molecule has 9 heteroatoms. The highest BCUT2D eigenvalue weighted by molar-refractivity contribution is 7.80. The third kappa shape index (κ3) is 5.37. The molecule has 1 amide bonds. The fourth-order valence-electron chi connectivity index (χ4n) is 3.11. The van der Waals surface area contributed by atoms with Crippen LogP contribution in [0.25, 0.3) is 6.08 Å². The first-order valence-corrected chi connectivity index (χ1v) is 10.2. The van der Waals surface area contributed by atoms with Gasteiger partial charge in [-0.1, -0.05) is 25.5 Å². The van der Waals surface area contributed by atoms with E-state index in [1.165, 1.54) is 12.1 Å². The summed E-state index contributed by atoms with van der Waals surface area (Å²) in [5.41, 5.74) is 1.88. The summed E-state index contributed by atoms with van der Waals surface area (Å²) in [4.78, 5) is 24.7. The van der Waals surface area contributed by atoms with Crippen molar-refractivity contribution in [2.24, 2.45) is 0 Å². The van der Waals surface area contributed by atoms with Crippen LogP contribution in [-0.2, 0) is 11.4 Å². The number of benzene rings is 2. The highest BCUT2D eigenvalue weighted by Gasteiger charge is 2.29. The van der Waals surface area contributed by atoms with E-state index in [-0.39, 0.29) is 18.2 Å². The number of ether oxygens (including phenoxy) is 2. The number of amides is 1. The summed E-state index contributed by atoms with van der Waals surface area (Å²) >= 11 is 5.28. The minimum absolute atomic E-state index is 0.0441. The molecule has 1 fully saturated rings. The molecule has 1 heterocycles. The van der Waals surface area contributed by atoms with Crippen LogP contribution in [0.2, 0.25) is 0 Å². The lowest BCUT2D eigenvalue weighted by Crippen LogP contribution is -2.31. The Morgan fingerprint density at radius 3 is 2.77 bits per heavy atom.